The first-order valence-corrected chi connectivity index (χ1v) is 10.1. The second kappa shape index (κ2) is 8.66. The number of carbonyl (C=O) groups is 1. The van der Waals surface area contributed by atoms with Crippen molar-refractivity contribution in [1.82, 2.24) is 19.5 Å². The van der Waals surface area contributed by atoms with Gasteiger partial charge in [0.05, 0.1) is 6.20 Å². The van der Waals surface area contributed by atoms with Crippen molar-refractivity contribution in [2.75, 3.05) is 5.32 Å². The van der Waals surface area contributed by atoms with Crippen LogP contribution in [0.25, 0.3) is 17.0 Å². The highest BCUT2D eigenvalue weighted by Crippen LogP contribution is 2.26. The molecule has 0 fully saturated rings. The number of hydrogen-bond donors (Lipinski definition) is 2. The number of aliphatic hydroxyl groups excluding tert-OH is 1. The highest BCUT2D eigenvalue weighted by Gasteiger charge is 2.37. The number of fused-ring (bicyclic) bond motifs is 1. The summed E-state index contributed by atoms with van der Waals surface area (Å²) in [6.07, 6.45) is -4.71. The SMILES string of the molecule is Cc1ccn2c(C(=O)Nc3cc(-c4noc(CCC(O)C(F)(F)F)n4)ccc3C)cnc2c1. The number of carbonyl (C=O) groups excluding carboxylic acids is 1. The van der Waals surface area contributed by atoms with E-state index in [0.717, 1.165) is 11.1 Å². The van der Waals surface area contributed by atoms with Crippen molar-refractivity contribution >= 4 is 17.2 Å². The first-order valence-electron chi connectivity index (χ1n) is 10.1. The van der Waals surface area contributed by atoms with Gasteiger partial charge in [0, 0.05) is 23.9 Å². The third kappa shape index (κ3) is 4.87. The molecule has 1 aromatic carbocycles. The predicted molar refractivity (Wildman–Crippen MR) is 113 cm³/mol. The number of benzene rings is 1. The molecule has 172 valence electrons. The molecule has 0 spiro atoms. The number of anilines is 1. The normalized spacial score (nSPS) is 12.8. The standard InChI is InChI=1S/C22H20F3N5O3/c1-12-7-8-30-16(11-26-18(30)9-12)21(32)27-15-10-14(4-3-13(15)2)20-28-19(33-29-20)6-5-17(31)22(23,24)25/h3-4,7-11,17,31H,5-6H2,1-2H3,(H,27,32). The third-order valence-electron chi connectivity index (χ3n) is 5.12. The minimum absolute atomic E-state index is 0.0273. The molecule has 4 rings (SSSR count). The van der Waals surface area contributed by atoms with Gasteiger partial charge in [0.25, 0.3) is 5.91 Å². The number of alkyl halides is 3. The van der Waals surface area contributed by atoms with Crippen LogP contribution in [0, 0.1) is 13.8 Å². The summed E-state index contributed by atoms with van der Waals surface area (Å²) in [5, 5.41) is 15.8. The molecular weight excluding hydrogens is 439 g/mol. The summed E-state index contributed by atoms with van der Waals surface area (Å²) in [7, 11) is 0. The summed E-state index contributed by atoms with van der Waals surface area (Å²) in [6.45, 7) is 3.75. The maximum atomic E-state index is 12.9. The number of imidazole rings is 1. The molecule has 8 nitrogen and oxygen atoms in total. The van der Waals surface area contributed by atoms with E-state index in [1.165, 1.54) is 6.20 Å². The lowest BCUT2D eigenvalue weighted by molar-refractivity contribution is -0.205. The second-order valence-electron chi connectivity index (χ2n) is 7.67. The van der Waals surface area contributed by atoms with Crippen LogP contribution < -0.4 is 5.32 Å². The van der Waals surface area contributed by atoms with Gasteiger partial charge < -0.3 is 14.9 Å². The van der Waals surface area contributed by atoms with Crippen LogP contribution in [0.4, 0.5) is 18.9 Å². The zero-order valence-corrected chi connectivity index (χ0v) is 17.7. The van der Waals surface area contributed by atoms with E-state index in [1.807, 2.05) is 26.0 Å². The Bertz CT molecular complexity index is 1310. The molecule has 0 aliphatic carbocycles. The summed E-state index contributed by atoms with van der Waals surface area (Å²) in [4.78, 5) is 21.2. The number of aliphatic hydroxyl groups is 1. The van der Waals surface area contributed by atoms with Gasteiger partial charge in [-0.3, -0.25) is 9.20 Å². The third-order valence-corrected chi connectivity index (χ3v) is 5.12. The zero-order chi connectivity index (χ0) is 23.8. The molecule has 0 bridgehead atoms. The molecule has 0 aliphatic heterocycles. The fourth-order valence-electron chi connectivity index (χ4n) is 3.23. The van der Waals surface area contributed by atoms with Crippen LogP contribution in [-0.2, 0) is 6.42 Å². The number of rotatable bonds is 6. The average Bonchev–Trinajstić information content (AvgIpc) is 3.39. The van der Waals surface area contributed by atoms with Crippen LogP contribution in [0.1, 0.15) is 33.9 Å². The molecule has 1 amide bonds. The molecule has 0 saturated carbocycles. The van der Waals surface area contributed by atoms with Crippen LogP contribution in [0.5, 0.6) is 0 Å². The maximum absolute atomic E-state index is 12.9. The molecule has 1 unspecified atom stereocenters. The van der Waals surface area contributed by atoms with E-state index in [1.54, 1.807) is 28.8 Å². The summed E-state index contributed by atoms with van der Waals surface area (Å²) in [6, 6.07) is 8.86. The molecule has 0 aliphatic rings. The number of amides is 1. The summed E-state index contributed by atoms with van der Waals surface area (Å²) >= 11 is 0. The Labute approximate surface area is 186 Å². The first-order chi connectivity index (χ1) is 15.6. The van der Waals surface area contributed by atoms with Gasteiger partial charge >= 0.3 is 6.18 Å². The first kappa shape index (κ1) is 22.5. The molecule has 3 aromatic heterocycles. The van der Waals surface area contributed by atoms with E-state index in [-0.39, 0.29) is 24.0 Å². The Kier molecular flexibility index (Phi) is 5.90. The highest BCUT2D eigenvalue weighted by molar-refractivity contribution is 6.04. The number of nitrogens with zero attached hydrogens (tertiary/aromatic N) is 4. The van der Waals surface area contributed by atoms with Gasteiger partial charge in [0.1, 0.15) is 17.4 Å². The monoisotopic (exact) mass is 459 g/mol. The van der Waals surface area contributed by atoms with Crippen LogP contribution in [-0.4, -0.2) is 42.8 Å². The van der Waals surface area contributed by atoms with E-state index in [2.05, 4.69) is 20.4 Å². The smallest absolute Gasteiger partial charge is 0.384 e. The molecule has 0 saturated heterocycles. The van der Waals surface area contributed by atoms with Gasteiger partial charge in [0.2, 0.25) is 11.7 Å². The second-order valence-corrected chi connectivity index (χ2v) is 7.67. The van der Waals surface area contributed by atoms with Crippen molar-refractivity contribution in [2.45, 2.75) is 39.0 Å². The Morgan fingerprint density at radius 1 is 1.24 bits per heavy atom. The van der Waals surface area contributed by atoms with Gasteiger partial charge in [-0.25, -0.2) is 4.98 Å². The van der Waals surface area contributed by atoms with Crippen LogP contribution >= 0.6 is 0 Å². The molecule has 11 heteroatoms. The topological polar surface area (TPSA) is 106 Å². The van der Waals surface area contributed by atoms with Crippen molar-refractivity contribution in [3.8, 4) is 11.4 Å². The minimum Gasteiger partial charge on any atom is -0.384 e. The molecule has 33 heavy (non-hydrogen) atoms. The Hall–Kier alpha value is -3.73. The molecule has 3 heterocycles. The number of pyridine rings is 1. The van der Waals surface area contributed by atoms with Crippen LogP contribution in [0.2, 0.25) is 0 Å². The predicted octanol–water partition coefficient (Wildman–Crippen LogP) is 4.11. The van der Waals surface area contributed by atoms with Crippen molar-refractivity contribution in [2.24, 2.45) is 0 Å². The molecule has 2 N–H and O–H groups in total. The van der Waals surface area contributed by atoms with Gasteiger partial charge in [0.15, 0.2) is 0 Å². The van der Waals surface area contributed by atoms with Crippen molar-refractivity contribution < 1.29 is 27.6 Å². The summed E-state index contributed by atoms with van der Waals surface area (Å²) < 4.78 is 44.1. The lowest BCUT2D eigenvalue weighted by Crippen LogP contribution is -2.28. The van der Waals surface area contributed by atoms with Crippen LogP contribution in [0.3, 0.4) is 0 Å². The van der Waals surface area contributed by atoms with Crippen molar-refractivity contribution in [1.29, 1.82) is 0 Å². The number of nitrogens with one attached hydrogen (secondary N) is 1. The zero-order valence-electron chi connectivity index (χ0n) is 17.7. The van der Waals surface area contributed by atoms with Crippen LogP contribution in [0.15, 0.2) is 47.2 Å². The molecule has 0 radical (unpaired) electrons. The van der Waals surface area contributed by atoms with E-state index < -0.39 is 18.7 Å². The quantitative estimate of drug-likeness (QED) is 0.450. The number of aromatic nitrogens is 4. The van der Waals surface area contributed by atoms with E-state index >= 15 is 0 Å². The molecule has 4 aromatic rings. The minimum atomic E-state index is -4.70. The Balaban J connectivity index is 1.51. The van der Waals surface area contributed by atoms with Crippen molar-refractivity contribution in [3.63, 3.8) is 0 Å². The van der Waals surface area contributed by atoms with E-state index in [4.69, 9.17) is 9.63 Å². The lowest BCUT2D eigenvalue weighted by Gasteiger charge is -2.12. The fraction of sp³-hybridized carbons (Fsp3) is 0.273. The number of halogens is 3. The van der Waals surface area contributed by atoms with Gasteiger partial charge in [-0.05, 0) is 49.6 Å². The summed E-state index contributed by atoms with van der Waals surface area (Å²) in [5.41, 5.74) is 3.85. The maximum Gasteiger partial charge on any atom is 0.414 e. The number of hydrogen-bond acceptors (Lipinski definition) is 6. The molecular formula is C22H20F3N5O3. The van der Waals surface area contributed by atoms with Gasteiger partial charge in [-0.1, -0.05) is 17.3 Å². The number of aryl methyl sites for hydroxylation is 3. The largest absolute Gasteiger partial charge is 0.414 e. The average molecular weight is 459 g/mol. The van der Waals surface area contributed by atoms with Crippen molar-refractivity contribution in [3.05, 3.63) is 65.4 Å². The van der Waals surface area contributed by atoms with Gasteiger partial charge in [-0.2, -0.15) is 18.2 Å². The lowest BCUT2D eigenvalue weighted by atomic mass is 10.1. The summed E-state index contributed by atoms with van der Waals surface area (Å²) in [5.74, 6) is -0.227. The highest BCUT2D eigenvalue weighted by atomic mass is 19.4. The Morgan fingerprint density at radius 2 is 2.03 bits per heavy atom. The van der Waals surface area contributed by atoms with E-state index in [9.17, 15) is 18.0 Å². The fourth-order valence-corrected chi connectivity index (χ4v) is 3.23. The Morgan fingerprint density at radius 3 is 2.79 bits per heavy atom. The van der Waals surface area contributed by atoms with E-state index in [0.29, 0.717) is 22.6 Å². The molecule has 1 atom stereocenters. The van der Waals surface area contributed by atoms with Gasteiger partial charge in [-0.15, -0.1) is 0 Å².